The van der Waals surface area contributed by atoms with Gasteiger partial charge >= 0.3 is 0 Å². The molecule has 1 aliphatic heterocycles. The SMILES string of the molecule is CCCc1ccc(C2(O)COC2)cc1. The number of aryl methyl sites for hydroxylation is 1. The van der Waals surface area contributed by atoms with E-state index < -0.39 is 5.60 Å². The van der Waals surface area contributed by atoms with Gasteiger partial charge < -0.3 is 9.84 Å². The number of rotatable bonds is 3. The molecule has 2 nitrogen and oxygen atoms in total. The molecule has 0 spiro atoms. The summed E-state index contributed by atoms with van der Waals surface area (Å²) in [5.74, 6) is 0. The number of benzene rings is 1. The van der Waals surface area contributed by atoms with Crippen molar-refractivity contribution < 1.29 is 9.84 Å². The largest absolute Gasteiger partial charge is 0.380 e. The van der Waals surface area contributed by atoms with Crippen molar-refractivity contribution >= 4 is 0 Å². The van der Waals surface area contributed by atoms with Crippen molar-refractivity contribution in [2.45, 2.75) is 25.4 Å². The first-order chi connectivity index (χ1) is 6.74. The summed E-state index contributed by atoms with van der Waals surface area (Å²) >= 11 is 0. The van der Waals surface area contributed by atoms with Gasteiger partial charge in [0.15, 0.2) is 0 Å². The molecule has 0 saturated carbocycles. The molecular formula is C12H16O2. The van der Waals surface area contributed by atoms with Crippen LogP contribution >= 0.6 is 0 Å². The summed E-state index contributed by atoms with van der Waals surface area (Å²) in [5, 5.41) is 9.98. The van der Waals surface area contributed by atoms with Gasteiger partial charge in [0, 0.05) is 0 Å². The Morgan fingerprint density at radius 1 is 1.29 bits per heavy atom. The molecule has 2 rings (SSSR count). The summed E-state index contributed by atoms with van der Waals surface area (Å²) in [4.78, 5) is 0. The molecule has 1 saturated heterocycles. The maximum Gasteiger partial charge on any atom is 0.136 e. The van der Waals surface area contributed by atoms with E-state index >= 15 is 0 Å². The lowest BCUT2D eigenvalue weighted by Crippen LogP contribution is -2.46. The second-order valence-corrected chi connectivity index (χ2v) is 3.97. The van der Waals surface area contributed by atoms with Crippen LogP contribution in [0, 0.1) is 0 Å². The molecule has 0 bridgehead atoms. The van der Waals surface area contributed by atoms with Crippen LogP contribution in [0.3, 0.4) is 0 Å². The molecule has 0 aliphatic carbocycles. The van der Waals surface area contributed by atoms with E-state index in [1.807, 2.05) is 12.1 Å². The molecule has 1 N–H and O–H groups in total. The lowest BCUT2D eigenvalue weighted by Gasteiger charge is -2.36. The zero-order valence-corrected chi connectivity index (χ0v) is 8.49. The predicted molar refractivity (Wildman–Crippen MR) is 55.2 cm³/mol. The van der Waals surface area contributed by atoms with E-state index in [1.54, 1.807) is 0 Å². The molecule has 0 unspecified atom stereocenters. The Kier molecular flexibility index (Phi) is 2.57. The monoisotopic (exact) mass is 192 g/mol. The van der Waals surface area contributed by atoms with Crippen LogP contribution in [0.5, 0.6) is 0 Å². The fourth-order valence-electron chi connectivity index (χ4n) is 1.73. The lowest BCUT2D eigenvalue weighted by molar-refractivity contribution is -0.184. The van der Waals surface area contributed by atoms with Gasteiger partial charge in [-0.15, -0.1) is 0 Å². The summed E-state index contributed by atoms with van der Waals surface area (Å²) in [6.07, 6.45) is 2.27. The van der Waals surface area contributed by atoms with Crippen molar-refractivity contribution in [2.75, 3.05) is 13.2 Å². The van der Waals surface area contributed by atoms with Crippen molar-refractivity contribution in [2.24, 2.45) is 0 Å². The summed E-state index contributed by atoms with van der Waals surface area (Å²) < 4.78 is 5.02. The van der Waals surface area contributed by atoms with Gasteiger partial charge in [-0.2, -0.15) is 0 Å². The molecule has 2 heteroatoms. The van der Waals surface area contributed by atoms with Crippen molar-refractivity contribution in [3.05, 3.63) is 35.4 Å². The molecule has 1 fully saturated rings. The van der Waals surface area contributed by atoms with Gasteiger partial charge in [0.2, 0.25) is 0 Å². The molecule has 1 heterocycles. The van der Waals surface area contributed by atoms with Gasteiger partial charge in [-0.25, -0.2) is 0 Å². The third-order valence-corrected chi connectivity index (χ3v) is 2.71. The smallest absolute Gasteiger partial charge is 0.136 e. The number of aliphatic hydroxyl groups is 1. The maximum atomic E-state index is 9.98. The van der Waals surface area contributed by atoms with Crippen molar-refractivity contribution in [1.82, 2.24) is 0 Å². The minimum absolute atomic E-state index is 0.431. The topological polar surface area (TPSA) is 29.5 Å². The van der Waals surface area contributed by atoms with Crippen LogP contribution in [0.25, 0.3) is 0 Å². The molecule has 0 radical (unpaired) electrons. The van der Waals surface area contributed by atoms with Crippen LogP contribution < -0.4 is 0 Å². The molecule has 0 atom stereocenters. The van der Waals surface area contributed by atoms with Gasteiger partial charge in [0.05, 0.1) is 13.2 Å². The average molecular weight is 192 g/mol. The second-order valence-electron chi connectivity index (χ2n) is 3.97. The third-order valence-electron chi connectivity index (χ3n) is 2.71. The second kappa shape index (κ2) is 3.71. The fraction of sp³-hybridized carbons (Fsp3) is 0.500. The number of ether oxygens (including phenoxy) is 1. The minimum Gasteiger partial charge on any atom is -0.380 e. The van der Waals surface area contributed by atoms with Crippen molar-refractivity contribution in [3.8, 4) is 0 Å². The Balaban J connectivity index is 2.13. The Bertz CT molecular complexity index is 299. The predicted octanol–water partition coefficient (Wildman–Crippen LogP) is 1.86. The highest BCUT2D eigenvalue weighted by molar-refractivity contribution is 5.28. The highest BCUT2D eigenvalue weighted by Gasteiger charge is 2.37. The highest BCUT2D eigenvalue weighted by Crippen LogP contribution is 2.29. The Labute approximate surface area is 84.5 Å². The Morgan fingerprint density at radius 2 is 1.93 bits per heavy atom. The van der Waals surface area contributed by atoms with Crippen LogP contribution in [-0.4, -0.2) is 18.3 Å². The third kappa shape index (κ3) is 1.68. The van der Waals surface area contributed by atoms with Gasteiger partial charge in [0.1, 0.15) is 5.60 Å². The highest BCUT2D eigenvalue weighted by atomic mass is 16.5. The molecule has 1 aromatic rings. The van der Waals surface area contributed by atoms with Gasteiger partial charge in [-0.3, -0.25) is 0 Å². The number of hydrogen-bond donors (Lipinski definition) is 1. The molecular weight excluding hydrogens is 176 g/mol. The summed E-state index contributed by atoms with van der Waals surface area (Å²) in [5.41, 5.74) is 1.59. The minimum atomic E-state index is -0.718. The van der Waals surface area contributed by atoms with E-state index in [-0.39, 0.29) is 0 Å². The maximum absolute atomic E-state index is 9.98. The van der Waals surface area contributed by atoms with Crippen molar-refractivity contribution in [3.63, 3.8) is 0 Å². The standard InChI is InChI=1S/C12H16O2/c1-2-3-10-4-6-11(7-5-10)12(13)8-14-9-12/h4-7,13H,2-3,8-9H2,1H3. The van der Waals surface area contributed by atoms with Crippen LogP contribution in [0.1, 0.15) is 24.5 Å². The van der Waals surface area contributed by atoms with Gasteiger partial charge in [-0.05, 0) is 17.5 Å². The van der Waals surface area contributed by atoms with Crippen LogP contribution in [0.2, 0.25) is 0 Å². The van der Waals surface area contributed by atoms with Crippen molar-refractivity contribution in [1.29, 1.82) is 0 Å². The normalized spacial score (nSPS) is 19.0. The first-order valence-corrected chi connectivity index (χ1v) is 5.14. The van der Waals surface area contributed by atoms with Crippen LogP contribution in [0.15, 0.2) is 24.3 Å². The summed E-state index contributed by atoms with van der Waals surface area (Å²) in [7, 11) is 0. The van der Waals surface area contributed by atoms with E-state index in [4.69, 9.17) is 4.74 Å². The fourth-order valence-corrected chi connectivity index (χ4v) is 1.73. The molecule has 76 valence electrons. The first-order valence-electron chi connectivity index (χ1n) is 5.14. The van der Waals surface area contributed by atoms with E-state index in [9.17, 15) is 5.11 Å². The molecule has 0 amide bonds. The van der Waals surface area contributed by atoms with E-state index in [2.05, 4.69) is 19.1 Å². The lowest BCUT2D eigenvalue weighted by atomic mass is 9.91. The zero-order valence-electron chi connectivity index (χ0n) is 8.49. The zero-order chi connectivity index (χ0) is 10.0. The Hall–Kier alpha value is -0.860. The molecule has 1 aromatic carbocycles. The Morgan fingerprint density at radius 3 is 2.36 bits per heavy atom. The summed E-state index contributed by atoms with van der Waals surface area (Å²) in [6.45, 7) is 3.03. The molecule has 0 aromatic heterocycles. The quantitative estimate of drug-likeness (QED) is 0.792. The molecule has 14 heavy (non-hydrogen) atoms. The van der Waals surface area contributed by atoms with E-state index in [0.717, 1.165) is 18.4 Å². The van der Waals surface area contributed by atoms with Crippen LogP contribution in [0.4, 0.5) is 0 Å². The van der Waals surface area contributed by atoms with E-state index in [1.165, 1.54) is 5.56 Å². The average Bonchev–Trinajstić information content (AvgIpc) is 2.16. The van der Waals surface area contributed by atoms with Gasteiger partial charge in [-0.1, -0.05) is 37.6 Å². The molecule has 1 aliphatic rings. The van der Waals surface area contributed by atoms with Gasteiger partial charge in [0.25, 0.3) is 0 Å². The summed E-state index contributed by atoms with van der Waals surface area (Å²) in [6, 6.07) is 8.20. The van der Waals surface area contributed by atoms with E-state index in [0.29, 0.717) is 13.2 Å². The number of hydrogen-bond acceptors (Lipinski definition) is 2. The van der Waals surface area contributed by atoms with Crippen LogP contribution in [-0.2, 0) is 16.8 Å². The first kappa shape index (κ1) is 9.69.